The van der Waals surface area contributed by atoms with Gasteiger partial charge in [-0.2, -0.15) is 0 Å². The molecule has 0 heterocycles. The third-order valence-corrected chi connectivity index (χ3v) is 4.25. The Morgan fingerprint density at radius 2 is 1.63 bits per heavy atom. The molecule has 0 aromatic carbocycles. The number of carbonyl (C=O) groups excluding carboxylic acids is 3. The van der Waals surface area contributed by atoms with Crippen LogP contribution in [0.5, 0.6) is 0 Å². The quantitative estimate of drug-likeness (QED) is 0.531. The second kappa shape index (κ2) is 15.6. The summed E-state index contributed by atoms with van der Waals surface area (Å²) in [6, 6.07) is 0.130. The van der Waals surface area contributed by atoms with Crippen molar-refractivity contribution in [1.29, 1.82) is 0 Å². The molecule has 0 atom stereocenters. The van der Waals surface area contributed by atoms with Crippen LogP contribution >= 0.6 is 0 Å². The molecule has 2 N–H and O–H groups in total. The van der Waals surface area contributed by atoms with Crippen LogP contribution in [-0.4, -0.2) is 56.1 Å². The van der Waals surface area contributed by atoms with Crippen molar-refractivity contribution in [3.05, 3.63) is 0 Å². The van der Waals surface area contributed by atoms with E-state index in [9.17, 15) is 14.4 Å². The number of ketones is 1. The van der Waals surface area contributed by atoms with E-state index < -0.39 is 0 Å². The SMILES string of the molecule is CC.CCC(=O)C1CCC(NC(=O)COCCNC(=O)COC(C)C)CC1. The summed E-state index contributed by atoms with van der Waals surface area (Å²) in [6.45, 7) is 10.3. The van der Waals surface area contributed by atoms with Gasteiger partial charge < -0.3 is 20.1 Å². The van der Waals surface area contributed by atoms with Gasteiger partial charge in [-0.25, -0.2) is 0 Å². The topological polar surface area (TPSA) is 93.7 Å². The van der Waals surface area contributed by atoms with E-state index in [4.69, 9.17) is 9.47 Å². The van der Waals surface area contributed by atoms with Crippen molar-refractivity contribution in [3.8, 4) is 0 Å². The molecule has 1 rings (SSSR count). The Labute approximate surface area is 163 Å². The molecular formula is C20H38N2O5. The Bertz CT molecular complexity index is 432. The van der Waals surface area contributed by atoms with Crippen LogP contribution in [-0.2, 0) is 23.9 Å². The minimum atomic E-state index is -0.194. The van der Waals surface area contributed by atoms with E-state index in [-0.39, 0.29) is 49.7 Å². The first kappa shape index (κ1) is 25.5. The lowest BCUT2D eigenvalue weighted by Crippen LogP contribution is -2.40. The van der Waals surface area contributed by atoms with Crippen LogP contribution in [0.4, 0.5) is 0 Å². The fraction of sp³-hybridized carbons (Fsp3) is 0.850. The molecule has 1 saturated carbocycles. The molecule has 2 amide bonds. The Hall–Kier alpha value is -1.47. The van der Waals surface area contributed by atoms with E-state index in [2.05, 4.69) is 10.6 Å². The summed E-state index contributed by atoms with van der Waals surface area (Å²) in [6.07, 6.45) is 3.99. The van der Waals surface area contributed by atoms with Crippen molar-refractivity contribution in [2.45, 2.75) is 78.9 Å². The lowest BCUT2D eigenvalue weighted by molar-refractivity contribution is -0.127. The fourth-order valence-electron chi connectivity index (χ4n) is 2.84. The minimum absolute atomic E-state index is 0.0147. The summed E-state index contributed by atoms with van der Waals surface area (Å²) < 4.78 is 10.4. The maximum Gasteiger partial charge on any atom is 0.246 e. The maximum absolute atomic E-state index is 11.8. The lowest BCUT2D eigenvalue weighted by Gasteiger charge is -2.28. The van der Waals surface area contributed by atoms with Crippen LogP contribution < -0.4 is 10.6 Å². The third-order valence-electron chi connectivity index (χ3n) is 4.25. The number of Topliss-reactive ketones (excluding diaryl/α,β-unsaturated/α-hetero) is 1. The standard InChI is InChI=1S/C18H32N2O5.C2H6/c1-4-16(21)14-5-7-15(8-6-14)20-18(23)11-24-10-9-19-17(22)12-25-13(2)3;1-2/h13-15H,4-12H2,1-3H3,(H,19,22)(H,20,23);1-2H3. The average molecular weight is 387 g/mol. The molecule has 0 aromatic heterocycles. The molecule has 0 bridgehead atoms. The van der Waals surface area contributed by atoms with Crippen molar-refractivity contribution in [3.63, 3.8) is 0 Å². The number of ether oxygens (including phenoxy) is 2. The van der Waals surface area contributed by atoms with Crippen molar-refractivity contribution in [1.82, 2.24) is 10.6 Å². The maximum atomic E-state index is 11.8. The molecule has 0 aliphatic heterocycles. The van der Waals surface area contributed by atoms with Crippen LogP contribution in [0.1, 0.15) is 66.7 Å². The first-order valence-electron chi connectivity index (χ1n) is 10.2. The highest BCUT2D eigenvalue weighted by molar-refractivity contribution is 5.81. The monoisotopic (exact) mass is 386 g/mol. The molecule has 0 unspecified atom stereocenters. The zero-order chi connectivity index (χ0) is 20.7. The number of amides is 2. The van der Waals surface area contributed by atoms with Gasteiger partial charge in [0.05, 0.1) is 12.7 Å². The molecule has 1 fully saturated rings. The van der Waals surface area contributed by atoms with E-state index in [0.717, 1.165) is 25.7 Å². The molecule has 27 heavy (non-hydrogen) atoms. The van der Waals surface area contributed by atoms with Gasteiger partial charge >= 0.3 is 0 Å². The van der Waals surface area contributed by atoms with Gasteiger partial charge in [0.1, 0.15) is 19.0 Å². The normalized spacial score (nSPS) is 19.0. The Balaban J connectivity index is 0.00000326. The fourth-order valence-corrected chi connectivity index (χ4v) is 2.84. The summed E-state index contributed by atoms with van der Waals surface area (Å²) in [5.74, 6) is 0.145. The summed E-state index contributed by atoms with van der Waals surface area (Å²) in [7, 11) is 0. The molecule has 7 nitrogen and oxygen atoms in total. The summed E-state index contributed by atoms with van der Waals surface area (Å²) in [4.78, 5) is 34.9. The number of nitrogens with one attached hydrogen (secondary N) is 2. The first-order chi connectivity index (χ1) is 12.9. The number of carbonyl (C=O) groups is 3. The van der Waals surface area contributed by atoms with E-state index in [1.54, 1.807) is 0 Å². The Morgan fingerprint density at radius 3 is 2.19 bits per heavy atom. The highest BCUT2D eigenvalue weighted by Gasteiger charge is 2.25. The van der Waals surface area contributed by atoms with Gasteiger partial charge in [-0.1, -0.05) is 20.8 Å². The highest BCUT2D eigenvalue weighted by Crippen LogP contribution is 2.25. The molecule has 0 saturated heterocycles. The third kappa shape index (κ3) is 12.5. The van der Waals surface area contributed by atoms with Crippen LogP contribution in [0.25, 0.3) is 0 Å². The van der Waals surface area contributed by atoms with Gasteiger partial charge in [-0.3, -0.25) is 14.4 Å². The number of rotatable bonds is 11. The molecule has 1 aliphatic carbocycles. The summed E-state index contributed by atoms with van der Waals surface area (Å²) in [5, 5.41) is 5.61. The number of hydrogen-bond donors (Lipinski definition) is 2. The largest absolute Gasteiger partial charge is 0.370 e. The van der Waals surface area contributed by atoms with Crippen molar-refractivity contribution < 1.29 is 23.9 Å². The van der Waals surface area contributed by atoms with Gasteiger partial charge in [0.15, 0.2) is 0 Å². The number of hydrogen-bond acceptors (Lipinski definition) is 5. The van der Waals surface area contributed by atoms with Crippen LogP contribution in [0.15, 0.2) is 0 Å². The molecule has 0 spiro atoms. The van der Waals surface area contributed by atoms with Gasteiger partial charge in [0, 0.05) is 24.9 Å². The molecule has 1 aliphatic rings. The zero-order valence-electron chi connectivity index (χ0n) is 17.6. The van der Waals surface area contributed by atoms with Crippen molar-refractivity contribution in [2.24, 2.45) is 5.92 Å². The average Bonchev–Trinajstić information content (AvgIpc) is 2.67. The second-order valence-electron chi connectivity index (χ2n) is 6.70. The molecule has 0 aromatic rings. The minimum Gasteiger partial charge on any atom is -0.370 e. The first-order valence-corrected chi connectivity index (χ1v) is 10.2. The van der Waals surface area contributed by atoms with E-state index in [1.165, 1.54) is 0 Å². The lowest BCUT2D eigenvalue weighted by atomic mass is 9.83. The van der Waals surface area contributed by atoms with Gasteiger partial charge in [0.25, 0.3) is 0 Å². The predicted molar refractivity (Wildman–Crippen MR) is 105 cm³/mol. The molecule has 7 heteroatoms. The second-order valence-corrected chi connectivity index (χ2v) is 6.70. The van der Waals surface area contributed by atoms with Crippen molar-refractivity contribution >= 4 is 17.6 Å². The van der Waals surface area contributed by atoms with E-state index in [1.807, 2.05) is 34.6 Å². The highest BCUT2D eigenvalue weighted by atomic mass is 16.5. The summed E-state index contributed by atoms with van der Waals surface area (Å²) in [5.41, 5.74) is 0. The van der Waals surface area contributed by atoms with Gasteiger partial charge in [-0.15, -0.1) is 0 Å². The molecule has 0 radical (unpaired) electrons. The summed E-state index contributed by atoms with van der Waals surface area (Å²) >= 11 is 0. The molecular weight excluding hydrogens is 348 g/mol. The smallest absolute Gasteiger partial charge is 0.246 e. The van der Waals surface area contributed by atoms with E-state index in [0.29, 0.717) is 18.7 Å². The Morgan fingerprint density at radius 1 is 1.00 bits per heavy atom. The molecule has 158 valence electrons. The van der Waals surface area contributed by atoms with Crippen LogP contribution in [0.2, 0.25) is 0 Å². The van der Waals surface area contributed by atoms with Gasteiger partial charge in [0.2, 0.25) is 11.8 Å². The van der Waals surface area contributed by atoms with Gasteiger partial charge in [-0.05, 0) is 39.5 Å². The van der Waals surface area contributed by atoms with E-state index >= 15 is 0 Å². The zero-order valence-corrected chi connectivity index (χ0v) is 17.6. The van der Waals surface area contributed by atoms with Crippen molar-refractivity contribution in [2.75, 3.05) is 26.4 Å². The van der Waals surface area contributed by atoms with Crippen LogP contribution in [0, 0.1) is 5.92 Å². The predicted octanol–water partition coefficient (Wildman–Crippen LogP) is 2.22. The van der Waals surface area contributed by atoms with Crippen LogP contribution in [0.3, 0.4) is 0 Å². The Kier molecular flexibility index (Phi) is 14.7.